The average Bonchev–Trinajstić information content (AvgIpc) is 2.70. The van der Waals surface area contributed by atoms with E-state index in [1.807, 2.05) is 0 Å². The van der Waals surface area contributed by atoms with E-state index in [4.69, 9.17) is 27.9 Å². The number of ether oxygens (including phenoxy) is 1. The highest BCUT2D eigenvalue weighted by Gasteiger charge is 2.30. The minimum atomic E-state index is -3.97. The molecule has 2 aromatic rings. The van der Waals surface area contributed by atoms with Crippen molar-refractivity contribution in [3.63, 3.8) is 0 Å². The van der Waals surface area contributed by atoms with Gasteiger partial charge in [-0.1, -0.05) is 29.3 Å². The van der Waals surface area contributed by atoms with Gasteiger partial charge >= 0.3 is 0 Å². The van der Waals surface area contributed by atoms with Crippen LogP contribution in [0, 0.1) is 11.6 Å². The molecule has 0 aliphatic carbocycles. The zero-order chi connectivity index (χ0) is 22.1. The molecule has 30 heavy (non-hydrogen) atoms. The summed E-state index contributed by atoms with van der Waals surface area (Å²) in [5.41, 5.74) is 0.218. The summed E-state index contributed by atoms with van der Waals surface area (Å²) < 4.78 is 58.9. The highest BCUT2D eigenvalue weighted by Crippen LogP contribution is 2.31. The van der Waals surface area contributed by atoms with Crippen LogP contribution in [0.1, 0.15) is 28.9 Å². The maximum absolute atomic E-state index is 13.5. The summed E-state index contributed by atoms with van der Waals surface area (Å²) in [5, 5.41) is 2.43. The third kappa shape index (κ3) is 4.76. The van der Waals surface area contributed by atoms with E-state index in [1.54, 1.807) is 6.92 Å². The fourth-order valence-corrected chi connectivity index (χ4v) is 5.21. The van der Waals surface area contributed by atoms with Crippen molar-refractivity contribution in [2.75, 3.05) is 26.3 Å². The quantitative estimate of drug-likeness (QED) is 0.709. The Kier molecular flexibility index (Phi) is 6.98. The van der Waals surface area contributed by atoms with Crippen LogP contribution in [0.25, 0.3) is 0 Å². The summed E-state index contributed by atoms with van der Waals surface area (Å²) >= 11 is 12.2. The smallest absolute Gasteiger partial charge is 0.253 e. The Labute approximate surface area is 182 Å². The zero-order valence-corrected chi connectivity index (χ0v) is 18.1. The fraction of sp³-hybridized carbons (Fsp3) is 0.316. The van der Waals surface area contributed by atoms with E-state index in [0.717, 1.165) is 18.2 Å². The molecule has 1 N–H and O–H groups in total. The summed E-state index contributed by atoms with van der Waals surface area (Å²) in [6.07, 6.45) is 0. The topological polar surface area (TPSA) is 75.7 Å². The first-order valence-electron chi connectivity index (χ1n) is 8.94. The van der Waals surface area contributed by atoms with Gasteiger partial charge in [-0.3, -0.25) is 4.79 Å². The molecule has 3 rings (SSSR count). The number of amides is 1. The second kappa shape index (κ2) is 9.15. The van der Waals surface area contributed by atoms with Gasteiger partial charge in [-0.15, -0.1) is 0 Å². The lowest BCUT2D eigenvalue weighted by molar-refractivity contribution is 0.0730. The number of halogens is 4. The van der Waals surface area contributed by atoms with Crippen LogP contribution in [-0.2, 0) is 14.8 Å². The first kappa shape index (κ1) is 22.9. The second-order valence-electron chi connectivity index (χ2n) is 6.65. The minimum Gasteiger partial charge on any atom is -0.379 e. The van der Waals surface area contributed by atoms with Crippen molar-refractivity contribution in [1.29, 1.82) is 0 Å². The van der Waals surface area contributed by atoms with E-state index in [2.05, 4.69) is 5.32 Å². The Morgan fingerprint density at radius 1 is 1.10 bits per heavy atom. The van der Waals surface area contributed by atoms with E-state index >= 15 is 0 Å². The molecular weight excluding hydrogens is 461 g/mol. The number of morpholine rings is 1. The lowest BCUT2D eigenvalue weighted by Gasteiger charge is -2.26. The Hall–Kier alpha value is -1.78. The van der Waals surface area contributed by atoms with Crippen molar-refractivity contribution in [2.45, 2.75) is 17.9 Å². The molecule has 11 heteroatoms. The summed E-state index contributed by atoms with van der Waals surface area (Å²) in [6.45, 7) is 2.40. The molecular formula is C19H18Cl2F2N2O4S. The Morgan fingerprint density at radius 3 is 2.40 bits per heavy atom. The maximum atomic E-state index is 13.5. The molecule has 1 atom stereocenters. The number of benzene rings is 2. The van der Waals surface area contributed by atoms with Crippen molar-refractivity contribution in [1.82, 2.24) is 9.62 Å². The van der Waals surface area contributed by atoms with E-state index in [0.29, 0.717) is 5.56 Å². The SMILES string of the molecule is CC(NC(=O)c1cc(S(=O)(=O)N2CCOCC2)c(Cl)cc1Cl)c1ccc(F)c(F)c1. The lowest BCUT2D eigenvalue weighted by Crippen LogP contribution is -2.40. The van der Waals surface area contributed by atoms with Crippen LogP contribution >= 0.6 is 23.2 Å². The molecule has 0 aromatic heterocycles. The Morgan fingerprint density at radius 2 is 1.77 bits per heavy atom. The van der Waals surface area contributed by atoms with Crippen molar-refractivity contribution in [2.24, 2.45) is 0 Å². The summed E-state index contributed by atoms with van der Waals surface area (Å²) in [5.74, 6) is -2.74. The van der Waals surface area contributed by atoms with Gasteiger partial charge in [0.05, 0.1) is 34.9 Å². The average molecular weight is 479 g/mol. The van der Waals surface area contributed by atoms with E-state index in [-0.39, 0.29) is 46.8 Å². The van der Waals surface area contributed by atoms with Crippen molar-refractivity contribution < 1.29 is 26.7 Å². The van der Waals surface area contributed by atoms with Crippen LogP contribution in [0.15, 0.2) is 35.2 Å². The first-order chi connectivity index (χ1) is 14.1. The molecule has 1 aliphatic heterocycles. The van der Waals surface area contributed by atoms with Crippen LogP contribution in [0.3, 0.4) is 0 Å². The first-order valence-corrected chi connectivity index (χ1v) is 11.1. The maximum Gasteiger partial charge on any atom is 0.253 e. The number of carbonyl (C=O) groups excluding carboxylic acids is 1. The van der Waals surface area contributed by atoms with Gasteiger partial charge < -0.3 is 10.1 Å². The number of sulfonamides is 1. The predicted octanol–water partition coefficient (Wildman–Crippen LogP) is 3.78. The molecule has 162 valence electrons. The normalized spacial score (nSPS) is 16.3. The molecule has 1 amide bonds. The largest absolute Gasteiger partial charge is 0.379 e. The van der Waals surface area contributed by atoms with Gasteiger partial charge in [0.25, 0.3) is 5.91 Å². The molecule has 0 radical (unpaired) electrons. The minimum absolute atomic E-state index is 0.0454. The van der Waals surface area contributed by atoms with E-state index in [9.17, 15) is 22.0 Å². The van der Waals surface area contributed by atoms with Gasteiger partial charge in [0, 0.05) is 13.1 Å². The van der Waals surface area contributed by atoms with E-state index in [1.165, 1.54) is 16.4 Å². The highest BCUT2D eigenvalue weighted by molar-refractivity contribution is 7.89. The van der Waals surface area contributed by atoms with Crippen molar-refractivity contribution in [3.8, 4) is 0 Å². The summed E-state index contributed by atoms with van der Waals surface area (Å²) in [7, 11) is -3.97. The zero-order valence-electron chi connectivity index (χ0n) is 15.8. The van der Waals surface area contributed by atoms with Crippen molar-refractivity contribution in [3.05, 3.63) is 63.1 Å². The summed E-state index contributed by atoms with van der Waals surface area (Å²) in [6, 6.07) is 4.86. The van der Waals surface area contributed by atoms with E-state index < -0.39 is 33.6 Å². The van der Waals surface area contributed by atoms with Gasteiger partial charge in [-0.2, -0.15) is 4.31 Å². The molecule has 0 bridgehead atoms. The van der Waals surface area contributed by atoms with Gasteiger partial charge in [0.2, 0.25) is 10.0 Å². The molecule has 6 nitrogen and oxygen atoms in total. The predicted molar refractivity (Wildman–Crippen MR) is 108 cm³/mol. The molecule has 1 fully saturated rings. The number of nitrogens with zero attached hydrogens (tertiary/aromatic N) is 1. The van der Waals surface area contributed by atoms with Crippen LogP contribution in [0.2, 0.25) is 10.0 Å². The van der Waals surface area contributed by atoms with Gasteiger partial charge in [0.15, 0.2) is 11.6 Å². The Bertz CT molecular complexity index is 1080. The number of rotatable bonds is 5. The Balaban J connectivity index is 1.89. The number of nitrogens with one attached hydrogen (secondary N) is 1. The number of hydrogen-bond donors (Lipinski definition) is 1. The van der Waals surface area contributed by atoms with Crippen LogP contribution in [0.4, 0.5) is 8.78 Å². The molecule has 2 aromatic carbocycles. The molecule has 1 unspecified atom stereocenters. The van der Waals surface area contributed by atoms with Crippen LogP contribution in [-0.4, -0.2) is 44.9 Å². The van der Waals surface area contributed by atoms with Gasteiger partial charge in [-0.05, 0) is 36.8 Å². The fourth-order valence-electron chi connectivity index (χ4n) is 2.97. The number of carbonyl (C=O) groups is 1. The molecule has 1 aliphatic rings. The monoisotopic (exact) mass is 478 g/mol. The lowest BCUT2D eigenvalue weighted by atomic mass is 10.1. The summed E-state index contributed by atoms with van der Waals surface area (Å²) in [4.78, 5) is 12.5. The number of hydrogen-bond acceptors (Lipinski definition) is 4. The standard InChI is InChI=1S/C19H18Cl2F2N2O4S/c1-11(12-2-3-16(22)17(23)8-12)24-19(26)13-9-18(15(21)10-14(13)20)30(27,28)25-4-6-29-7-5-25/h2-3,8-11H,4-7H2,1H3,(H,24,26). The van der Waals surface area contributed by atoms with Crippen LogP contribution < -0.4 is 5.32 Å². The highest BCUT2D eigenvalue weighted by atomic mass is 35.5. The van der Waals surface area contributed by atoms with Crippen molar-refractivity contribution >= 4 is 39.1 Å². The molecule has 1 saturated heterocycles. The van der Waals surface area contributed by atoms with Gasteiger partial charge in [0.1, 0.15) is 4.90 Å². The molecule has 0 saturated carbocycles. The third-order valence-corrected chi connectivity index (χ3v) is 7.32. The molecule has 1 heterocycles. The third-order valence-electron chi connectivity index (χ3n) is 4.65. The van der Waals surface area contributed by atoms with Crippen LogP contribution in [0.5, 0.6) is 0 Å². The molecule has 0 spiro atoms. The van der Waals surface area contributed by atoms with Gasteiger partial charge in [-0.25, -0.2) is 17.2 Å². The second-order valence-corrected chi connectivity index (χ2v) is 9.37.